The molecule has 0 atom stereocenters. The van der Waals surface area contributed by atoms with Gasteiger partial charge in [0.05, 0.1) is 4.90 Å². The molecule has 0 spiro atoms. The van der Waals surface area contributed by atoms with Gasteiger partial charge in [0, 0.05) is 18.7 Å². The third-order valence-corrected chi connectivity index (χ3v) is 6.26. The van der Waals surface area contributed by atoms with Crippen molar-refractivity contribution in [2.75, 3.05) is 13.1 Å². The molecule has 146 valence electrons. The monoisotopic (exact) mass is 402 g/mol. The van der Waals surface area contributed by atoms with E-state index in [4.69, 9.17) is 4.74 Å². The Labute approximate surface area is 163 Å². The lowest BCUT2D eigenvalue weighted by atomic mass is 10.2. The number of rotatable bonds is 6. The van der Waals surface area contributed by atoms with Crippen LogP contribution in [0.3, 0.4) is 0 Å². The van der Waals surface area contributed by atoms with E-state index in [2.05, 4.69) is 4.99 Å². The van der Waals surface area contributed by atoms with Crippen molar-refractivity contribution in [1.82, 2.24) is 4.31 Å². The van der Waals surface area contributed by atoms with E-state index < -0.39 is 16.0 Å². The van der Waals surface area contributed by atoms with Crippen LogP contribution < -0.4 is 0 Å². The molecule has 0 N–H and O–H groups in total. The lowest BCUT2D eigenvalue weighted by molar-refractivity contribution is -0.129. The molecule has 28 heavy (non-hydrogen) atoms. The average Bonchev–Trinajstić information content (AvgIpc) is 3.05. The summed E-state index contributed by atoms with van der Waals surface area (Å²) >= 11 is 0. The Morgan fingerprint density at radius 3 is 2.43 bits per heavy atom. The highest BCUT2D eigenvalue weighted by atomic mass is 32.2. The number of benzene rings is 2. The maximum absolute atomic E-state index is 13.0. The zero-order valence-electron chi connectivity index (χ0n) is 15.4. The minimum Gasteiger partial charge on any atom is -0.402 e. The molecule has 0 fully saturated rings. The summed E-state index contributed by atoms with van der Waals surface area (Å²) in [5.41, 5.74) is 1.03. The molecule has 0 saturated heterocycles. The van der Waals surface area contributed by atoms with E-state index in [0.29, 0.717) is 24.2 Å². The molecule has 0 amide bonds. The third-order valence-electron chi connectivity index (χ3n) is 4.22. The smallest absolute Gasteiger partial charge is 0.363 e. The fourth-order valence-electron chi connectivity index (χ4n) is 2.75. The van der Waals surface area contributed by atoms with Crippen molar-refractivity contribution in [1.29, 1.82) is 0 Å². The molecule has 3 rings (SSSR count). The van der Waals surface area contributed by atoms with Crippen molar-refractivity contribution in [3.8, 4) is 0 Å². The number of esters is 1. The highest BCUT2D eigenvalue weighted by Gasteiger charge is 2.27. The summed E-state index contributed by atoms with van der Waals surface area (Å²) in [4.78, 5) is 16.4. The molecule has 1 aliphatic rings. The third kappa shape index (κ3) is 4.02. The Kier molecular flexibility index (Phi) is 5.71. The standard InChI is InChI=1S/C20H19FN2O4S/c1-3-23(4-2)28(25,26)17-7-5-6-15(13-17)19-22-18(20(24)27-19)12-14-8-10-16(21)11-9-14/h5-13H,3-4H2,1-2H3/b18-12+. The van der Waals surface area contributed by atoms with Crippen molar-refractivity contribution in [3.05, 3.63) is 71.2 Å². The fourth-order valence-corrected chi connectivity index (χ4v) is 4.26. The molecule has 0 saturated carbocycles. The maximum Gasteiger partial charge on any atom is 0.363 e. The number of nitrogens with zero attached hydrogens (tertiary/aromatic N) is 2. The lowest BCUT2D eigenvalue weighted by Crippen LogP contribution is -2.30. The number of sulfonamides is 1. The van der Waals surface area contributed by atoms with Gasteiger partial charge in [0.25, 0.3) is 0 Å². The number of carbonyl (C=O) groups excluding carboxylic acids is 1. The van der Waals surface area contributed by atoms with Gasteiger partial charge >= 0.3 is 5.97 Å². The van der Waals surface area contributed by atoms with Gasteiger partial charge in [-0.15, -0.1) is 0 Å². The topological polar surface area (TPSA) is 76.0 Å². The van der Waals surface area contributed by atoms with Gasteiger partial charge in [-0.2, -0.15) is 4.31 Å². The first-order valence-corrected chi connectivity index (χ1v) is 10.2. The van der Waals surface area contributed by atoms with Gasteiger partial charge in [-0.05, 0) is 42.0 Å². The van der Waals surface area contributed by atoms with Gasteiger partial charge in [-0.25, -0.2) is 22.6 Å². The van der Waals surface area contributed by atoms with E-state index in [9.17, 15) is 17.6 Å². The number of hydrogen-bond acceptors (Lipinski definition) is 5. The first kappa shape index (κ1) is 19.9. The molecule has 0 unspecified atom stereocenters. The van der Waals surface area contributed by atoms with Crippen LogP contribution in [0, 0.1) is 5.82 Å². The number of aliphatic imine (C=N–C) groups is 1. The number of carbonyl (C=O) groups is 1. The molecule has 8 heteroatoms. The summed E-state index contributed by atoms with van der Waals surface area (Å²) in [6, 6.07) is 11.7. The summed E-state index contributed by atoms with van der Waals surface area (Å²) in [6.45, 7) is 4.23. The van der Waals surface area contributed by atoms with Crippen LogP contribution in [0.25, 0.3) is 6.08 Å². The molecule has 0 bridgehead atoms. The molecule has 2 aromatic rings. The summed E-state index contributed by atoms with van der Waals surface area (Å²) in [5, 5.41) is 0. The van der Waals surface area contributed by atoms with Crippen LogP contribution in [0.5, 0.6) is 0 Å². The predicted molar refractivity (Wildman–Crippen MR) is 104 cm³/mol. The fraction of sp³-hybridized carbons (Fsp3) is 0.200. The second-order valence-corrected chi connectivity index (χ2v) is 7.94. The van der Waals surface area contributed by atoms with E-state index in [1.807, 2.05) is 0 Å². The van der Waals surface area contributed by atoms with E-state index in [0.717, 1.165) is 0 Å². The molecule has 1 heterocycles. The van der Waals surface area contributed by atoms with Crippen molar-refractivity contribution in [2.45, 2.75) is 18.7 Å². The SMILES string of the molecule is CCN(CC)S(=O)(=O)c1cccc(C2=N/C(=C/c3ccc(F)cc3)C(=O)O2)c1. The Bertz CT molecular complexity index is 1060. The highest BCUT2D eigenvalue weighted by molar-refractivity contribution is 7.89. The zero-order chi connectivity index (χ0) is 20.3. The van der Waals surface area contributed by atoms with Crippen LogP contribution in [0.2, 0.25) is 0 Å². The van der Waals surface area contributed by atoms with Gasteiger partial charge in [0.15, 0.2) is 5.70 Å². The van der Waals surface area contributed by atoms with Gasteiger partial charge in [0.1, 0.15) is 5.82 Å². The minimum atomic E-state index is -3.65. The van der Waals surface area contributed by atoms with Gasteiger partial charge in [-0.1, -0.05) is 32.0 Å². The van der Waals surface area contributed by atoms with Crippen molar-refractivity contribution in [3.63, 3.8) is 0 Å². The minimum absolute atomic E-state index is 0.0231. The average molecular weight is 402 g/mol. The maximum atomic E-state index is 13.0. The Hall–Kier alpha value is -2.84. The second-order valence-electron chi connectivity index (χ2n) is 6.00. The summed E-state index contributed by atoms with van der Waals surface area (Å²) in [7, 11) is -3.65. The largest absolute Gasteiger partial charge is 0.402 e. The summed E-state index contributed by atoms with van der Waals surface area (Å²) in [6.07, 6.45) is 1.48. The Morgan fingerprint density at radius 2 is 1.79 bits per heavy atom. The molecular formula is C20H19FN2O4S. The van der Waals surface area contributed by atoms with Crippen LogP contribution >= 0.6 is 0 Å². The van der Waals surface area contributed by atoms with E-state index in [-0.39, 0.29) is 22.3 Å². The van der Waals surface area contributed by atoms with Gasteiger partial charge in [-0.3, -0.25) is 0 Å². The molecular weight excluding hydrogens is 383 g/mol. The molecule has 0 aliphatic carbocycles. The van der Waals surface area contributed by atoms with Crippen LogP contribution in [-0.2, 0) is 19.6 Å². The zero-order valence-corrected chi connectivity index (χ0v) is 16.2. The molecule has 0 aromatic heterocycles. The molecule has 1 aliphatic heterocycles. The quantitative estimate of drug-likeness (QED) is 0.549. The van der Waals surface area contributed by atoms with Gasteiger partial charge < -0.3 is 4.74 Å². The normalized spacial score (nSPS) is 15.8. The Balaban J connectivity index is 1.94. The van der Waals surface area contributed by atoms with Crippen molar-refractivity contribution < 1.29 is 22.3 Å². The van der Waals surface area contributed by atoms with Crippen molar-refractivity contribution in [2.24, 2.45) is 4.99 Å². The van der Waals surface area contributed by atoms with Crippen LogP contribution in [-0.4, -0.2) is 37.7 Å². The van der Waals surface area contributed by atoms with E-state index in [1.165, 1.54) is 46.8 Å². The van der Waals surface area contributed by atoms with Crippen molar-refractivity contribution >= 4 is 28.0 Å². The second kappa shape index (κ2) is 8.04. The van der Waals surface area contributed by atoms with E-state index in [1.54, 1.807) is 26.0 Å². The molecule has 2 aromatic carbocycles. The first-order valence-electron chi connectivity index (χ1n) is 8.74. The summed E-state index contributed by atoms with van der Waals surface area (Å²) < 4.78 is 44.9. The predicted octanol–water partition coefficient (Wildman–Crippen LogP) is 3.20. The van der Waals surface area contributed by atoms with Gasteiger partial charge in [0.2, 0.25) is 15.9 Å². The highest BCUT2D eigenvalue weighted by Crippen LogP contribution is 2.22. The number of hydrogen-bond donors (Lipinski definition) is 0. The number of ether oxygens (including phenoxy) is 1. The number of cyclic esters (lactones) is 1. The van der Waals surface area contributed by atoms with Crippen LogP contribution in [0.15, 0.2) is 64.1 Å². The van der Waals surface area contributed by atoms with E-state index >= 15 is 0 Å². The molecule has 0 radical (unpaired) electrons. The lowest BCUT2D eigenvalue weighted by Gasteiger charge is -2.18. The first-order chi connectivity index (χ1) is 13.3. The van der Waals surface area contributed by atoms with Crippen LogP contribution in [0.1, 0.15) is 25.0 Å². The Morgan fingerprint density at radius 1 is 1.11 bits per heavy atom. The summed E-state index contributed by atoms with van der Waals surface area (Å²) in [5.74, 6) is -1.02. The van der Waals surface area contributed by atoms with Crippen LogP contribution in [0.4, 0.5) is 4.39 Å². The molecule has 6 nitrogen and oxygen atoms in total. The number of halogens is 1.